The van der Waals surface area contributed by atoms with E-state index in [4.69, 9.17) is 0 Å². The van der Waals surface area contributed by atoms with Gasteiger partial charge in [0.15, 0.2) is 0 Å². The predicted octanol–water partition coefficient (Wildman–Crippen LogP) is 2.02. The molecule has 26 heavy (non-hydrogen) atoms. The number of hydrogen-bond acceptors (Lipinski definition) is 4. The zero-order valence-corrected chi connectivity index (χ0v) is 15.8. The Hall–Kier alpha value is -1.95. The van der Waals surface area contributed by atoms with Gasteiger partial charge < -0.3 is 14.7 Å². The average Bonchev–Trinajstić information content (AvgIpc) is 2.69. The van der Waals surface area contributed by atoms with Gasteiger partial charge >= 0.3 is 0 Å². The first-order valence-electron chi connectivity index (χ1n) is 9.84. The molecule has 2 saturated heterocycles. The van der Waals surface area contributed by atoms with Crippen LogP contribution in [-0.2, 0) is 4.79 Å². The summed E-state index contributed by atoms with van der Waals surface area (Å²) in [4.78, 5) is 35.3. The third-order valence-electron chi connectivity index (χ3n) is 5.54. The van der Waals surface area contributed by atoms with Crippen molar-refractivity contribution in [1.82, 2.24) is 19.7 Å². The summed E-state index contributed by atoms with van der Waals surface area (Å²) in [6.07, 6.45) is 9.04. The Morgan fingerprint density at radius 1 is 1.19 bits per heavy atom. The van der Waals surface area contributed by atoms with E-state index in [0.29, 0.717) is 12.1 Å². The highest BCUT2D eigenvalue weighted by atomic mass is 16.2. The number of pyridine rings is 1. The number of aromatic nitrogens is 1. The lowest BCUT2D eigenvalue weighted by molar-refractivity contribution is -0.132. The maximum absolute atomic E-state index is 12.7. The summed E-state index contributed by atoms with van der Waals surface area (Å²) in [5.74, 6) is 0.130. The predicted molar refractivity (Wildman–Crippen MR) is 101 cm³/mol. The van der Waals surface area contributed by atoms with Crippen molar-refractivity contribution in [3.05, 3.63) is 30.1 Å². The summed E-state index contributed by atoms with van der Waals surface area (Å²) in [5.41, 5.74) is 0.621. The number of carbonyl (C=O) groups excluding carboxylic acids is 2. The van der Waals surface area contributed by atoms with Crippen LogP contribution in [0.2, 0.25) is 0 Å². The van der Waals surface area contributed by atoms with E-state index in [0.717, 1.165) is 45.6 Å². The molecule has 1 unspecified atom stereocenters. The normalized spacial score (nSPS) is 21.4. The van der Waals surface area contributed by atoms with Crippen molar-refractivity contribution in [3.8, 4) is 0 Å². The van der Waals surface area contributed by atoms with E-state index in [1.807, 2.05) is 9.80 Å². The molecule has 0 saturated carbocycles. The maximum Gasteiger partial charge on any atom is 0.255 e. The molecule has 1 aromatic heterocycles. The number of hydrogen-bond donors (Lipinski definition) is 0. The van der Waals surface area contributed by atoms with E-state index in [2.05, 4.69) is 9.88 Å². The third-order valence-corrected chi connectivity index (χ3v) is 5.54. The van der Waals surface area contributed by atoms with Crippen LogP contribution in [0.15, 0.2) is 24.5 Å². The van der Waals surface area contributed by atoms with Crippen LogP contribution in [-0.4, -0.2) is 76.8 Å². The lowest BCUT2D eigenvalue weighted by Gasteiger charge is -2.40. The van der Waals surface area contributed by atoms with Gasteiger partial charge in [-0.15, -0.1) is 0 Å². The molecule has 2 aliphatic heterocycles. The van der Waals surface area contributed by atoms with Gasteiger partial charge in [-0.25, -0.2) is 0 Å². The van der Waals surface area contributed by atoms with Crippen LogP contribution in [0.25, 0.3) is 0 Å². The molecular weight excluding hydrogens is 328 g/mol. The van der Waals surface area contributed by atoms with Gasteiger partial charge in [0.1, 0.15) is 0 Å². The fourth-order valence-corrected chi connectivity index (χ4v) is 4.09. The Bertz CT molecular complexity index is 601. The molecule has 6 nitrogen and oxygen atoms in total. The molecule has 0 bridgehead atoms. The highest BCUT2D eigenvalue weighted by molar-refractivity contribution is 5.94. The van der Waals surface area contributed by atoms with Gasteiger partial charge in [-0.05, 0) is 50.9 Å². The zero-order chi connectivity index (χ0) is 18.4. The topological polar surface area (TPSA) is 56.8 Å². The van der Waals surface area contributed by atoms with Crippen molar-refractivity contribution in [2.45, 2.75) is 45.1 Å². The van der Waals surface area contributed by atoms with Crippen molar-refractivity contribution in [1.29, 1.82) is 0 Å². The van der Waals surface area contributed by atoms with Gasteiger partial charge in [0.05, 0.1) is 5.56 Å². The molecule has 2 aliphatic rings. The van der Waals surface area contributed by atoms with Gasteiger partial charge in [0.25, 0.3) is 5.91 Å². The van der Waals surface area contributed by atoms with Crippen molar-refractivity contribution in [2.24, 2.45) is 0 Å². The fraction of sp³-hybridized carbons (Fsp3) is 0.650. The number of likely N-dealkylation sites (tertiary alicyclic amines) is 2. The van der Waals surface area contributed by atoms with E-state index in [-0.39, 0.29) is 17.9 Å². The van der Waals surface area contributed by atoms with Gasteiger partial charge in [0.2, 0.25) is 5.91 Å². The van der Waals surface area contributed by atoms with Crippen LogP contribution in [0.3, 0.4) is 0 Å². The second-order valence-electron chi connectivity index (χ2n) is 7.40. The third kappa shape index (κ3) is 4.81. The van der Waals surface area contributed by atoms with Crippen LogP contribution in [0.1, 0.15) is 49.4 Å². The summed E-state index contributed by atoms with van der Waals surface area (Å²) in [7, 11) is 0. The average molecular weight is 358 g/mol. The largest absolute Gasteiger partial charge is 0.337 e. The second kappa shape index (κ2) is 9.12. The SMILES string of the molecule is CC(=O)N(CCN1CCCCC1)C1CCCN(C(=O)c2cccnc2)C1. The molecular formula is C20H30N4O2. The first kappa shape index (κ1) is 18.8. The Morgan fingerprint density at radius 3 is 2.69 bits per heavy atom. The van der Waals surface area contributed by atoms with Gasteiger partial charge in [-0.1, -0.05) is 6.42 Å². The molecule has 0 aliphatic carbocycles. The van der Waals surface area contributed by atoms with Crippen LogP contribution < -0.4 is 0 Å². The molecule has 0 aromatic carbocycles. The molecule has 142 valence electrons. The summed E-state index contributed by atoms with van der Waals surface area (Å²) >= 11 is 0. The Morgan fingerprint density at radius 2 is 2.00 bits per heavy atom. The number of rotatable bonds is 5. The molecule has 1 aromatic rings. The first-order chi connectivity index (χ1) is 12.6. The van der Waals surface area contributed by atoms with Crippen LogP contribution in [0, 0.1) is 0 Å². The molecule has 2 amide bonds. The molecule has 0 N–H and O–H groups in total. The van der Waals surface area contributed by atoms with Crippen molar-refractivity contribution < 1.29 is 9.59 Å². The fourth-order valence-electron chi connectivity index (χ4n) is 4.09. The standard InChI is InChI=1S/C20H30N4O2/c1-17(25)24(14-13-22-10-3-2-4-11-22)19-8-6-12-23(16-19)20(26)18-7-5-9-21-15-18/h5,7,9,15,19H,2-4,6,8,10-14,16H2,1H3. The van der Waals surface area contributed by atoms with E-state index in [9.17, 15) is 9.59 Å². The minimum absolute atomic E-state index is 0.0160. The number of amides is 2. The van der Waals surface area contributed by atoms with E-state index in [1.165, 1.54) is 19.3 Å². The lowest BCUT2D eigenvalue weighted by atomic mass is 10.0. The Kier molecular flexibility index (Phi) is 6.61. The molecule has 3 rings (SSSR count). The van der Waals surface area contributed by atoms with Crippen molar-refractivity contribution in [2.75, 3.05) is 39.3 Å². The van der Waals surface area contributed by atoms with E-state index in [1.54, 1.807) is 31.5 Å². The summed E-state index contributed by atoms with van der Waals surface area (Å²) < 4.78 is 0. The van der Waals surface area contributed by atoms with Crippen molar-refractivity contribution in [3.63, 3.8) is 0 Å². The molecule has 0 radical (unpaired) electrons. The number of piperidine rings is 2. The van der Waals surface area contributed by atoms with Gasteiger partial charge in [0, 0.05) is 51.5 Å². The molecule has 6 heteroatoms. The van der Waals surface area contributed by atoms with Gasteiger partial charge in [-0.3, -0.25) is 14.6 Å². The smallest absolute Gasteiger partial charge is 0.255 e. The highest BCUT2D eigenvalue weighted by Crippen LogP contribution is 2.19. The first-order valence-corrected chi connectivity index (χ1v) is 9.84. The quantitative estimate of drug-likeness (QED) is 0.808. The van der Waals surface area contributed by atoms with Crippen LogP contribution in [0.4, 0.5) is 0 Å². The summed E-state index contributed by atoms with van der Waals surface area (Å²) in [5, 5.41) is 0. The molecule has 1 atom stereocenters. The summed E-state index contributed by atoms with van der Waals surface area (Å²) in [6, 6.07) is 3.71. The number of carbonyl (C=O) groups is 2. The lowest BCUT2D eigenvalue weighted by Crippen LogP contribution is -2.53. The minimum atomic E-state index is 0.0160. The highest BCUT2D eigenvalue weighted by Gasteiger charge is 2.30. The molecule has 0 spiro atoms. The zero-order valence-electron chi connectivity index (χ0n) is 15.8. The van der Waals surface area contributed by atoms with Crippen molar-refractivity contribution >= 4 is 11.8 Å². The maximum atomic E-state index is 12.7. The van der Waals surface area contributed by atoms with Crippen LogP contribution >= 0.6 is 0 Å². The summed E-state index contributed by atoms with van der Waals surface area (Å²) in [6.45, 7) is 7.00. The Balaban J connectivity index is 1.59. The van der Waals surface area contributed by atoms with Gasteiger partial charge in [-0.2, -0.15) is 0 Å². The van der Waals surface area contributed by atoms with E-state index >= 15 is 0 Å². The monoisotopic (exact) mass is 358 g/mol. The van der Waals surface area contributed by atoms with Crippen LogP contribution in [0.5, 0.6) is 0 Å². The minimum Gasteiger partial charge on any atom is -0.337 e. The van der Waals surface area contributed by atoms with E-state index < -0.39 is 0 Å². The Labute approximate surface area is 156 Å². The molecule has 3 heterocycles. The number of nitrogens with zero attached hydrogens (tertiary/aromatic N) is 4. The second-order valence-corrected chi connectivity index (χ2v) is 7.40. The molecule has 2 fully saturated rings.